The van der Waals surface area contributed by atoms with Gasteiger partial charge in [0, 0.05) is 43.5 Å². The van der Waals surface area contributed by atoms with Gasteiger partial charge in [-0.2, -0.15) is 0 Å². The maximum absolute atomic E-state index is 13.3. The number of methoxy groups -OCH3 is 1. The van der Waals surface area contributed by atoms with E-state index in [1.54, 1.807) is 7.11 Å². The first-order valence-corrected chi connectivity index (χ1v) is 11.4. The van der Waals surface area contributed by atoms with Gasteiger partial charge in [0.15, 0.2) is 0 Å². The number of aromatic amines is 1. The molecule has 4 atom stereocenters. The number of fused-ring (bicyclic) bond motifs is 4. The fourth-order valence-electron chi connectivity index (χ4n) is 6.10. The molecule has 3 aliphatic heterocycles. The van der Waals surface area contributed by atoms with Crippen molar-refractivity contribution in [3.05, 3.63) is 53.3 Å². The number of amides is 2. The molecule has 0 aliphatic carbocycles. The Morgan fingerprint density at radius 3 is 2.84 bits per heavy atom. The standard InChI is InChI=1S/C25H31N3O3/c1-16-21(9-10-26-16)25(30)27-14-18-13-19(15-27)23(28-22(18)7-4-8-24(28)29)12-17-5-3-6-20(11-17)31-2/h3,5-6,9-11,18-19,22-23,26H,4,7-8,12-15H2,1-2H3/t18-,19+,22+,23+/m1/s1. The van der Waals surface area contributed by atoms with E-state index in [1.165, 1.54) is 5.56 Å². The fourth-order valence-corrected chi connectivity index (χ4v) is 6.10. The largest absolute Gasteiger partial charge is 0.497 e. The van der Waals surface area contributed by atoms with Gasteiger partial charge in [-0.3, -0.25) is 9.59 Å². The molecule has 3 saturated heterocycles. The highest BCUT2D eigenvalue weighted by Crippen LogP contribution is 2.43. The van der Waals surface area contributed by atoms with E-state index < -0.39 is 0 Å². The van der Waals surface area contributed by atoms with Crippen LogP contribution in [0.2, 0.25) is 0 Å². The van der Waals surface area contributed by atoms with Gasteiger partial charge in [-0.25, -0.2) is 0 Å². The summed E-state index contributed by atoms with van der Waals surface area (Å²) in [6.45, 7) is 3.41. The number of carbonyl (C=O) groups is 2. The molecule has 6 heteroatoms. The van der Waals surface area contributed by atoms with Crippen molar-refractivity contribution in [2.24, 2.45) is 11.8 Å². The van der Waals surface area contributed by atoms with E-state index in [1.807, 2.05) is 36.2 Å². The van der Waals surface area contributed by atoms with Gasteiger partial charge in [0.1, 0.15) is 5.75 Å². The number of carbonyl (C=O) groups excluding carboxylic acids is 2. The third kappa shape index (κ3) is 3.62. The molecule has 2 amide bonds. The number of aryl methyl sites for hydroxylation is 1. The zero-order chi connectivity index (χ0) is 21.5. The zero-order valence-electron chi connectivity index (χ0n) is 18.3. The van der Waals surface area contributed by atoms with E-state index >= 15 is 0 Å². The molecule has 4 heterocycles. The monoisotopic (exact) mass is 421 g/mol. The van der Waals surface area contributed by atoms with Gasteiger partial charge in [0.05, 0.1) is 12.7 Å². The predicted octanol–water partition coefficient (Wildman–Crippen LogP) is 3.42. The summed E-state index contributed by atoms with van der Waals surface area (Å²) in [5, 5.41) is 0. The van der Waals surface area contributed by atoms with Crippen molar-refractivity contribution >= 4 is 11.8 Å². The van der Waals surface area contributed by atoms with Crippen molar-refractivity contribution in [1.82, 2.24) is 14.8 Å². The summed E-state index contributed by atoms with van der Waals surface area (Å²) in [6, 6.07) is 10.4. The number of nitrogens with one attached hydrogen (secondary N) is 1. The van der Waals surface area contributed by atoms with Crippen LogP contribution in [-0.4, -0.2) is 58.9 Å². The lowest BCUT2D eigenvalue weighted by molar-refractivity contribution is -0.151. The first kappa shape index (κ1) is 20.2. The number of hydrogen-bond donors (Lipinski definition) is 1. The van der Waals surface area contributed by atoms with Crippen LogP contribution in [0.4, 0.5) is 0 Å². The Morgan fingerprint density at radius 2 is 2.06 bits per heavy atom. The van der Waals surface area contributed by atoms with Gasteiger partial charge in [-0.05, 0) is 68.2 Å². The SMILES string of the molecule is COc1cccc(C[C@H]2[C@H]3C[C@H](CN(C(=O)c4cc[nH]c4C)C3)[C@@H]3CCCC(=O)N32)c1. The summed E-state index contributed by atoms with van der Waals surface area (Å²) in [5.74, 6) is 1.92. The average molecular weight is 422 g/mol. The lowest BCUT2D eigenvalue weighted by Gasteiger charge is -2.56. The minimum absolute atomic E-state index is 0.115. The maximum atomic E-state index is 13.3. The summed E-state index contributed by atoms with van der Waals surface area (Å²) in [7, 11) is 1.68. The number of aromatic nitrogens is 1. The van der Waals surface area contributed by atoms with E-state index in [0.717, 1.165) is 49.2 Å². The number of piperidine rings is 3. The summed E-state index contributed by atoms with van der Waals surface area (Å²) in [5.41, 5.74) is 2.87. The van der Waals surface area contributed by atoms with Gasteiger partial charge in [-0.15, -0.1) is 0 Å². The van der Waals surface area contributed by atoms with E-state index in [-0.39, 0.29) is 18.0 Å². The highest BCUT2D eigenvalue weighted by Gasteiger charge is 2.50. The minimum Gasteiger partial charge on any atom is -0.497 e. The maximum Gasteiger partial charge on any atom is 0.255 e. The molecule has 0 saturated carbocycles. The second kappa shape index (κ2) is 8.06. The first-order chi connectivity index (χ1) is 15.0. The third-order valence-electron chi connectivity index (χ3n) is 7.55. The molecule has 0 radical (unpaired) electrons. The van der Waals surface area contributed by atoms with Gasteiger partial charge < -0.3 is 19.5 Å². The second-order valence-electron chi connectivity index (χ2n) is 9.37. The summed E-state index contributed by atoms with van der Waals surface area (Å²) in [4.78, 5) is 33.7. The Labute approximate surface area is 183 Å². The Balaban J connectivity index is 1.45. The van der Waals surface area contributed by atoms with Crippen molar-refractivity contribution in [3.8, 4) is 5.75 Å². The molecule has 1 aromatic carbocycles. The molecule has 5 rings (SSSR count). The highest BCUT2D eigenvalue weighted by molar-refractivity contribution is 5.95. The molecule has 1 N–H and O–H groups in total. The number of benzene rings is 1. The smallest absolute Gasteiger partial charge is 0.255 e. The van der Waals surface area contributed by atoms with Crippen molar-refractivity contribution in [2.75, 3.05) is 20.2 Å². The van der Waals surface area contributed by atoms with Crippen molar-refractivity contribution < 1.29 is 14.3 Å². The zero-order valence-corrected chi connectivity index (χ0v) is 18.3. The first-order valence-electron chi connectivity index (χ1n) is 11.4. The van der Waals surface area contributed by atoms with Crippen LogP contribution in [0.3, 0.4) is 0 Å². The van der Waals surface area contributed by atoms with Crippen LogP contribution >= 0.6 is 0 Å². The van der Waals surface area contributed by atoms with E-state index in [4.69, 9.17) is 4.74 Å². The van der Waals surface area contributed by atoms with Gasteiger partial charge in [0.2, 0.25) is 5.91 Å². The molecule has 0 spiro atoms. The predicted molar refractivity (Wildman–Crippen MR) is 118 cm³/mol. The molecule has 3 aliphatic rings. The summed E-state index contributed by atoms with van der Waals surface area (Å²) in [6.07, 6.45) is 6.39. The topological polar surface area (TPSA) is 65.6 Å². The van der Waals surface area contributed by atoms with Crippen LogP contribution in [0.15, 0.2) is 36.5 Å². The fraction of sp³-hybridized carbons (Fsp3) is 0.520. The van der Waals surface area contributed by atoms with E-state index in [2.05, 4.69) is 22.0 Å². The van der Waals surface area contributed by atoms with Crippen LogP contribution in [0, 0.1) is 18.8 Å². The van der Waals surface area contributed by atoms with Crippen LogP contribution in [0.25, 0.3) is 0 Å². The molecular weight excluding hydrogens is 390 g/mol. The molecule has 2 aromatic rings. The molecule has 3 fully saturated rings. The Bertz CT molecular complexity index is 984. The molecule has 0 unspecified atom stereocenters. The van der Waals surface area contributed by atoms with Crippen LogP contribution in [-0.2, 0) is 11.2 Å². The summed E-state index contributed by atoms with van der Waals surface area (Å²) >= 11 is 0. The molecule has 6 nitrogen and oxygen atoms in total. The number of nitrogens with zero attached hydrogens (tertiary/aromatic N) is 2. The van der Waals surface area contributed by atoms with Crippen LogP contribution < -0.4 is 4.74 Å². The third-order valence-corrected chi connectivity index (χ3v) is 7.55. The summed E-state index contributed by atoms with van der Waals surface area (Å²) < 4.78 is 5.42. The highest BCUT2D eigenvalue weighted by atomic mass is 16.5. The van der Waals surface area contributed by atoms with Crippen molar-refractivity contribution in [1.29, 1.82) is 0 Å². The Morgan fingerprint density at radius 1 is 1.23 bits per heavy atom. The van der Waals surface area contributed by atoms with Crippen LogP contribution in [0.1, 0.15) is 47.3 Å². The average Bonchev–Trinajstić information content (AvgIpc) is 3.22. The molecule has 31 heavy (non-hydrogen) atoms. The van der Waals surface area contributed by atoms with E-state index in [0.29, 0.717) is 30.7 Å². The lowest BCUT2D eigenvalue weighted by atomic mass is 9.70. The van der Waals surface area contributed by atoms with Gasteiger partial charge >= 0.3 is 0 Å². The van der Waals surface area contributed by atoms with Crippen molar-refractivity contribution in [2.45, 2.75) is 51.1 Å². The minimum atomic E-state index is 0.115. The van der Waals surface area contributed by atoms with Gasteiger partial charge in [0.25, 0.3) is 5.91 Å². The molecular formula is C25H31N3O3. The lowest BCUT2D eigenvalue weighted by Crippen LogP contribution is -2.66. The van der Waals surface area contributed by atoms with Crippen molar-refractivity contribution in [3.63, 3.8) is 0 Å². The molecule has 2 bridgehead atoms. The molecule has 164 valence electrons. The Hall–Kier alpha value is -2.76. The number of ether oxygens (including phenoxy) is 1. The quantitative estimate of drug-likeness (QED) is 0.823. The Kier molecular flexibility index (Phi) is 5.24. The number of rotatable bonds is 4. The number of likely N-dealkylation sites (tertiary alicyclic amines) is 1. The molecule has 1 aromatic heterocycles. The normalized spacial score (nSPS) is 27.7. The number of H-pyrrole nitrogens is 1. The number of hydrogen-bond acceptors (Lipinski definition) is 3. The second-order valence-corrected chi connectivity index (χ2v) is 9.37. The van der Waals surface area contributed by atoms with E-state index in [9.17, 15) is 9.59 Å². The van der Waals surface area contributed by atoms with Crippen LogP contribution in [0.5, 0.6) is 5.75 Å². The van der Waals surface area contributed by atoms with Gasteiger partial charge in [-0.1, -0.05) is 12.1 Å².